The fourth-order valence-electron chi connectivity index (χ4n) is 1.01. The molecule has 3 heteroatoms. The van der Waals surface area contributed by atoms with Gasteiger partial charge in [0.05, 0.1) is 8.66 Å². The van der Waals surface area contributed by atoms with Crippen molar-refractivity contribution >= 4 is 33.0 Å². The summed E-state index contributed by atoms with van der Waals surface area (Å²) < 4.78 is 1.03. The van der Waals surface area contributed by atoms with Gasteiger partial charge in [0, 0.05) is 6.42 Å². The average molecular weight is 261 g/mol. The molecule has 0 fully saturated rings. The monoisotopic (exact) mass is 260 g/mol. The highest BCUT2D eigenvalue weighted by Gasteiger charge is 2.08. The van der Waals surface area contributed by atoms with Crippen molar-refractivity contribution in [2.24, 2.45) is 5.92 Å². The van der Waals surface area contributed by atoms with Crippen LogP contribution in [0.3, 0.4) is 0 Å². The van der Waals surface area contributed by atoms with Crippen LogP contribution >= 0.6 is 27.3 Å². The molecule has 1 aromatic rings. The van der Waals surface area contributed by atoms with E-state index in [1.54, 1.807) is 0 Å². The number of ketones is 1. The van der Waals surface area contributed by atoms with Gasteiger partial charge in [-0.3, -0.25) is 4.79 Å². The summed E-state index contributed by atoms with van der Waals surface area (Å²) in [6.07, 6.45) is 1.65. The van der Waals surface area contributed by atoms with Gasteiger partial charge in [-0.2, -0.15) is 0 Å². The fourth-order valence-corrected chi connectivity index (χ4v) is 2.36. The lowest BCUT2D eigenvalue weighted by Gasteiger charge is -2.01. The molecule has 0 saturated heterocycles. The lowest BCUT2D eigenvalue weighted by atomic mass is 10.1. The van der Waals surface area contributed by atoms with E-state index in [9.17, 15) is 4.79 Å². The first-order valence-corrected chi connectivity index (χ1v) is 5.99. The van der Waals surface area contributed by atoms with Gasteiger partial charge >= 0.3 is 0 Å². The molecule has 72 valence electrons. The van der Waals surface area contributed by atoms with Gasteiger partial charge in [-0.05, 0) is 40.4 Å². The predicted molar refractivity (Wildman–Crippen MR) is 60.4 cm³/mol. The van der Waals surface area contributed by atoms with Crippen molar-refractivity contribution < 1.29 is 4.79 Å². The maximum Gasteiger partial charge on any atom is 0.172 e. The Labute approximate surface area is 91.3 Å². The predicted octanol–water partition coefficient (Wildman–Crippen LogP) is 4.13. The van der Waals surface area contributed by atoms with Gasteiger partial charge in [-0.1, -0.05) is 13.8 Å². The second-order valence-corrected chi connectivity index (χ2v) is 5.92. The molecule has 0 atom stereocenters. The fraction of sp³-hybridized carbons (Fsp3) is 0.500. The second kappa shape index (κ2) is 4.91. The Hall–Kier alpha value is -0.150. The van der Waals surface area contributed by atoms with Crippen LogP contribution in [-0.2, 0) is 0 Å². The highest BCUT2D eigenvalue weighted by molar-refractivity contribution is 9.11. The number of hydrogen-bond donors (Lipinski definition) is 0. The molecule has 0 aliphatic heterocycles. The second-order valence-electron chi connectivity index (χ2n) is 3.46. The molecular formula is C10H13BrOS. The minimum absolute atomic E-state index is 0.268. The first kappa shape index (κ1) is 10.9. The van der Waals surface area contributed by atoms with E-state index in [4.69, 9.17) is 0 Å². The maximum absolute atomic E-state index is 11.6. The number of Topliss-reactive ketones (excluding diaryl/α,β-unsaturated/α-hetero) is 1. The van der Waals surface area contributed by atoms with E-state index in [0.29, 0.717) is 12.3 Å². The summed E-state index contributed by atoms with van der Waals surface area (Å²) in [7, 11) is 0. The summed E-state index contributed by atoms with van der Waals surface area (Å²) in [6, 6.07) is 3.81. The van der Waals surface area contributed by atoms with Crippen LogP contribution in [0.4, 0.5) is 0 Å². The van der Waals surface area contributed by atoms with E-state index in [1.807, 2.05) is 12.1 Å². The number of halogens is 1. The van der Waals surface area contributed by atoms with Crippen molar-refractivity contribution in [2.45, 2.75) is 26.7 Å². The zero-order valence-corrected chi connectivity index (χ0v) is 10.2. The number of hydrogen-bond acceptors (Lipinski definition) is 2. The summed E-state index contributed by atoms with van der Waals surface area (Å²) in [6.45, 7) is 4.27. The van der Waals surface area contributed by atoms with E-state index in [0.717, 1.165) is 15.1 Å². The van der Waals surface area contributed by atoms with Gasteiger partial charge in [0.25, 0.3) is 0 Å². The Kier molecular flexibility index (Phi) is 4.13. The summed E-state index contributed by atoms with van der Waals surface area (Å²) in [5.74, 6) is 0.872. The molecule has 0 saturated carbocycles. The number of thiophene rings is 1. The molecule has 0 radical (unpaired) electrons. The summed E-state index contributed by atoms with van der Waals surface area (Å²) in [5.41, 5.74) is 0. The Morgan fingerprint density at radius 3 is 2.69 bits per heavy atom. The van der Waals surface area contributed by atoms with Crippen molar-refractivity contribution in [1.82, 2.24) is 0 Å². The van der Waals surface area contributed by atoms with Gasteiger partial charge in [-0.15, -0.1) is 11.3 Å². The summed E-state index contributed by atoms with van der Waals surface area (Å²) in [5, 5.41) is 0. The van der Waals surface area contributed by atoms with E-state index < -0.39 is 0 Å². The minimum Gasteiger partial charge on any atom is -0.293 e. The van der Waals surface area contributed by atoms with Crippen LogP contribution in [0.25, 0.3) is 0 Å². The molecule has 0 aliphatic rings. The van der Waals surface area contributed by atoms with Gasteiger partial charge in [-0.25, -0.2) is 0 Å². The Morgan fingerprint density at radius 2 is 2.23 bits per heavy atom. The van der Waals surface area contributed by atoms with E-state index in [1.165, 1.54) is 11.3 Å². The zero-order chi connectivity index (χ0) is 9.84. The SMILES string of the molecule is CC(C)CCC(=O)c1ccc(Br)s1. The third kappa shape index (κ3) is 3.61. The van der Waals surface area contributed by atoms with Crippen molar-refractivity contribution in [2.75, 3.05) is 0 Å². The first-order valence-electron chi connectivity index (χ1n) is 4.38. The molecule has 1 nitrogen and oxygen atoms in total. The van der Waals surface area contributed by atoms with E-state index in [-0.39, 0.29) is 5.78 Å². The highest BCUT2D eigenvalue weighted by atomic mass is 79.9. The van der Waals surface area contributed by atoms with Gasteiger partial charge in [0.2, 0.25) is 0 Å². The third-order valence-electron chi connectivity index (χ3n) is 1.80. The lowest BCUT2D eigenvalue weighted by molar-refractivity contribution is 0.0979. The smallest absolute Gasteiger partial charge is 0.172 e. The molecule has 13 heavy (non-hydrogen) atoms. The van der Waals surface area contributed by atoms with Gasteiger partial charge < -0.3 is 0 Å². The van der Waals surface area contributed by atoms with Crippen molar-refractivity contribution in [3.8, 4) is 0 Å². The highest BCUT2D eigenvalue weighted by Crippen LogP contribution is 2.23. The number of rotatable bonds is 4. The van der Waals surface area contributed by atoms with Crippen LogP contribution in [0.2, 0.25) is 0 Å². The summed E-state index contributed by atoms with van der Waals surface area (Å²) in [4.78, 5) is 12.4. The molecule has 0 amide bonds. The van der Waals surface area contributed by atoms with E-state index >= 15 is 0 Å². The quantitative estimate of drug-likeness (QED) is 0.745. The molecule has 0 aliphatic carbocycles. The molecule has 0 N–H and O–H groups in total. The first-order chi connectivity index (χ1) is 6.09. The maximum atomic E-state index is 11.6. The standard InChI is InChI=1S/C10H13BrOS/c1-7(2)3-4-8(12)9-5-6-10(11)13-9/h5-7H,3-4H2,1-2H3. The zero-order valence-electron chi connectivity index (χ0n) is 7.84. The van der Waals surface area contributed by atoms with Crippen LogP contribution < -0.4 is 0 Å². The number of carbonyl (C=O) groups is 1. The van der Waals surface area contributed by atoms with Gasteiger partial charge in [0.15, 0.2) is 5.78 Å². The van der Waals surface area contributed by atoms with Crippen LogP contribution in [0.1, 0.15) is 36.4 Å². The van der Waals surface area contributed by atoms with Crippen molar-refractivity contribution in [3.05, 3.63) is 20.8 Å². The van der Waals surface area contributed by atoms with Crippen molar-refractivity contribution in [3.63, 3.8) is 0 Å². The van der Waals surface area contributed by atoms with Crippen LogP contribution in [0.15, 0.2) is 15.9 Å². The van der Waals surface area contributed by atoms with Crippen LogP contribution in [0.5, 0.6) is 0 Å². The Balaban J connectivity index is 2.49. The Morgan fingerprint density at radius 1 is 1.54 bits per heavy atom. The summed E-state index contributed by atoms with van der Waals surface area (Å²) >= 11 is 4.86. The number of carbonyl (C=O) groups excluding carboxylic acids is 1. The molecular weight excluding hydrogens is 248 g/mol. The Bertz CT molecular complexity index is 291. The molecule has 0 spiro atoms. The van der Waals surface area contributed by atoms with Gasteiger partial charge in [0.1, 0.15) is 0 Å². The van der Waals surface area contributed by atoms with Crippen molar-refractivity contribution in [1.29, 1.82) is 0 Å². The lowest BCUT2D eigenvalue weighted by Crippen LogP contribution is -1.98. The third-order valence-corrected chi connectivity index (χ3v) is 3.46. The molecule has 0 unspecified atom stereocenters. The molecule has 0 aromatic carbocycles. The molecule has 1 heterocycles. The topological polar surface area (TPSA) is 17.1 Å². The average Bonchev–Trinajstić information content (AvgIpc) is 2.47. The normalized spacial score (nSPS) is 10.8. The minimum atomic E-state index is 0.268. The van der Waals surface area contributed by atoms with Crippen LogP contribution in [-0.4, -0.2) is 5.78 Å². The largest absolute Gasteiger partial charge is 0.293 e. The molecule has 1 aromatic heterocycles. The van der Waals surface area contributed by atoms with E-state index in [2.05, 4.69) is 29.8 Å². The molecule has 0 bridgehead atoms. The van der Waals surface area contributed by atoms with Crippen LogP contribution in [0, 0.1) is 5.92 Å². The molecule has 1 rings (SSSR count).